The van der Waals surface area contributed by atoms with Gasteiger partial charge >= 0.3 is 0 Å². The molecule has 6 nitrogen and oxygen atoms in total. The zero-order chi connectivity index (χ0) is 19.6. The lowest BCUT2D eigenvalue weighted by Gasteiger charge is -2.41. The number of nitrogens with one attached hydrogen (secondary N) is 1. The van der Waals surface area contributed by atoms with Crippen molar-refractivity contribution in [2.24, 2.45) is 17.8 Å². The number of nitriles is 1. The Kier molecular flexibility index (Phi) is 5.91. The highest BCUT2D eigenvalue weighted by molar-refractivity contribution is 5.78. The van der Waals surface area contributed by atoms with Crippen LogP contribution in [0.3, 0.4) is 0 Å². The topological polar surface area (TPSA) is 81.9 Å². The van der Waals surface area contributed by atoms with Crippen molar-refractivity contribution in [1.82, 2.24) is 20.2 Å². The maximum absolute atomic E-state index is 12.2. The minimum Gasteiger partial charge on any atom is -0.352 e. The Balaban J connectivity index is 1.82. The van der Waals surface area contributed by atoms with Gasteiger partial charge in [-0.05, 0) is 51.1 Å². The zero-order valence-electron chi connectivity index (χ0n) is 16.6. The molecule has 5 atom stereocenters. The van der Waals surface area contributed by atoms with Crippen LogP contribution in [-0.4, -0.2) is 47.5 Å². The largest absolute Gasteiger partial charge is 0.352 e. The van der Waals surface area contributed by atoms with Crippen LogP contribution in [-0.2, 0) is 4.79 Å². The van der Waals surface area contributed by atoms with E-state index in [0.717, 1.165) is 30.7 Å². The van der Waals surface area contributed by atoms with Gasteiger partial charge in [0.05, 0.1) is 17.8 Å². The van der Waals surface area contributed by atoms with Gasteiger partial charge in [-0.15, -0.1) is 0 Å². The molecule has 1 heterocycles. The fourth-order valence-electron chi connectivity index (χ4n) is 4.87. The van der Waals surface area contributed by atoms with Crippen molar-refractivity contribution in [2.75, 3.05) is 20.6 Å². The quantitative estimate of drug-likeness (QED) is 0.884. The second-order valence-corrected chi connectivity index (χ2v) is 8.44. The van der Waals surface area contributed by atoms with Crippen LogP contribution in [0.25, 0.3) is 5.57 Å². The van der Waals surface area contributed by atoms with E-state index in [1.165, 1.54) is 0 Å². The van der Waals surface area contributed by atoms with E-state index in [-0.39, 0.29) is 23.8 Å². The third-order valence-corrected chi connectivity index (χ3v) is 5.73. The van der Waals surface area contributed by atoms with Gasteiger partial charge in [0.1, 0.15) is 11.8 Å². The zero-order valence-corrected chi connectivity index (χ0v) is 16.6. The second kappa shape index (κ2) is 8.18. The first kappa shape index (κ1) is 19.5. The number of allylic oxidation sites excluding steroid dienone is 2. The number of amides is 1. The normalized spacial score (nSPS) is 30.2. The van der Waals surface area contributed by atoms with E-state index in [1.54, 1.807) is 12.4 Å². The molecule has 1 N–H and O–H groups in total. The minimum atomic E-state index is 0.0846. The number of carbonyl (C=O) groups is 1. The fourth-order valence-corrected chi connectivity index (χ4v) is 4.87. The summed E-state index contributed by atoms with van der Waals surface area (Å²) in [5.74, 6) is 1.52. The van der Waals surface area contributed by atoms with Crippen LogP contribution in [0.5, 0.6) is 0 Å². The second-order valence-electron chi connectivity index (χ2n) is 8.44. The number of likely N-dealkylation sites (N-methyl/N-ethyl adjacent to an activating group) is 1. The van der Waals surface area contributed by atoms with Crippen LogP contribution >= 0.6 is 0 Å². The van der Waals surface area contributed by atoms with Gasteiger partial charge in [0.2, 0.25) is 5.91 Å². The molecule has 2 unspecified atom stereocenters. The van der Waals surface area contributed by atoms with Crippen LogP contribution in [0.4, 0.5) is 0 Å². The summed E-state index contributed by atoms with van der Waals surface area (Å²) < 4.78 is 0. The average Bonchev–Trinajstić information content (AvgIpc) is 2.59. The number of hydrogen-bond donors (Lipinski definition) is 1. The highest BCUT2D eigenvalue weighted by atomic mass is 16.2. The van der Waals surface area contributed by atoms with Crippen molar-refractivity contribution in [1.29, 1.82) is 5.26 Å². The van der Waals surface area contributed by atoms with Crippen LogP contribution in [0.2, 0.25) is 0 Å². The first-order valence-electron chi connectivity index (χ1n) is 9.76. The number of carbonyl (C=O) groups excluding carboxylic acids is 1. The van der Waals surface area contributed by atoms with Crippen LogP contribution in [0.15, 0.2) is 18.5 Å². The lowest BCUT2D eigenvalue weighted by atomic mass is 9.66. The summed E-state index contributed by atoms with van der Waals surface area (Å²) in [6.45, 7) is 4.84. The van der Waals surface area contributed by atoms with E-state index in [9.17, 15) is 10.1 Å². The first-order chi connectivity index (χ1) is 12.9. The number of hydrogen-bond acceptors (Lipinski definition) is 5. The lowest BCUT2D eigenvalue weighted by Crippen LogP contribution is -2.45. The highest BCUT2D eigenvalue weighted by Crippen LogP contribution is 2.46. The molecule has 1 amide bonds. The Hall–Kier alpha value is -2.26. The molecule has 3 rings (SSSR count). The molecule has 27 heavy (non-hydrogen) atoms. The van der Waals surface area contributed by atoms with Gasteiger partial charge in [-0.3, -0.25) is 14.8 Å². The number of aromatic nitrogens is 2. The summed E-state index contributed by atoms with van der Waals surface area (Å²) in [6.07, 6.45) is 8.50. The summed E-state index contributed by atoms with van der Waals surface area (Å²) >= 11 is 0. The Morgan fingerprint density at radius 3 is 2.70 bits per heavy atom. The molecule has 0 radical (unpaired) electrons. The van der Waals surface area contributed by atoms with E-state index in [2.05, 4.69) is 35.2 Å². The molecule has 144 valence electrons. The van der Waals surface area contributed by atoms with Gasteiger partial charge in [-0.2, -0.15) is 5.26 Å². The van der Waals surface area contributed by atoms with Crippen LogP contribution in [0, 0.1) is 29.1 Å². The first-order valence-corrected chi connectivity index (χ1v) is 9.76. The molecule has 0 aromatic carbocycles. The molecule has 0 aliphatic heterocycles. The monoisotopic (exact) mass is 367 g/mol. The Labute approximate surface area is 161 Å². The molecular weight excluding hydrogens is 338 g/mol. The van der Waals surface area contributed by atoms with Gasteiger partial charge in [0, 0.05) is 24.4 Å². The number of nitrogens with zero attached hydrogens (tertiary/aromatic N) is 4. The van der Waals surface area contributed by atoms with Gasteiger partial charge in [-0.25, -0.2) is 0 Å². The predicted octanol–water partition coefficient (Wildman–Crippen LogP) is 2.60. The maximum Gasteiger partial charge on any atom is 0.234 e. The maximum atomic E-state index is 12.2. The molecule has 0 saturated heterocycles. The van der Waals surface area contributed by atoms with E-state index in [0.29, 0.717) is 24.0 Å². The van der Waals surface area contributed by atoms with Crippen molar-refractivity contribution in [3.63, 3.8) is 0 Å². The average molecular weight is 367 g/mol. The fraction of sp³-hybridized carbons (Fsp3) is 0.619. The molecule has 1 saturated carbocycles. The third-order valence-electron chi connectivity index (χ3n) is 5.73. The summed E-state index contributed by atoms with van der Waals surface area (Å²) in [5.41, 5.74) is 2.30. The third kappa shape index (κ3) is 4.36. The van der Waals surface area contributed by atoms with E-state index in [1.807, 2.05) is 25.1 Å². The molecule has 1 aromatic heterocycles. The Bertz CT molecular complexity index is 766. The molecule has 1 fully saturated rings. The van der Waals surface area contributed by atoms with Crippen LogP contribution in [0.1, 0.15) is 50.4 Å². The smallest absolute Gasteiger partial charge is 0.234 e. The standard InChI is InChI=1S/C21H29N5O/c1-13-7-15(10-17(8-13)25-18(27)12-26(3)4)19-14(2)9-16(11-22)20-21(19)24-6-5-23-20/h5-6,9,13-15,17,19H,7-8,10,12H2,1-4H3,(H,25,27)/t13-,14?,15+,17-,19?/m1/s1. The molecule has 2 aliphatic carbocycles. The minimum absolute atomic E-state index is 0.0846. The summed E-state index contributed by atoms with van der Waals surface area (Å²) in [5, 5.41) is 12.7. The van der Waals surface area contributed by atoms with Crippen molar-refractivity contribution >= 4 is 11.5 Å². The predicted molar refractivity (Wildman–Crippen MR) is 105 cm³/mol. The van der Waals surface area contributed by atoms with Gasteiger partial charge < -0.3 is 10.2 Å². The van der Waals surface area contributed by atoms with Gasteiger partial charge in [-0.1, -0.05) is 19.9 Å². The van der Waals surface area contributed by atoms with Crippen LogP contribution < -0.4 is 5.32 Å². The SMILES string of the molecule is CC1C=C(C#N)c2nccnc2C1[C@H]1C[C@@H](C)C[C@@H](NC(=O)CN(C)C)C1. The summed E-state index contributed by atoms with van der Waals surface area (Å²) in [6, 6.07) is 2.47. The molecular formula is C21H29N5O. The van der Waals surface area contributed by atoms with E-state index in [4.69, 9.17) is 0 Å². The van der Waals surface area contributed by atoms with E-state index >= 15 is 0 Å². The van der Waals surface area contributed by atoms with Gasteiger partial charge in [0.15, 0.2) is 0 Å². The highest BCUT2D eigenvalue weighted by Gasteiger charge is 2.39. The summed E-state index contributed by atoms with van der Waals surface area (Å²) in [4.78, 5) is 23.2. The summed E-state index contributed by atoms with van der Waals surface area (Å²) in [7, 11) is 3.81. The molecule has 2 aliphatic rings. The van der Waals surface area contributed by atoms with Crippen molar-refractivity contribution < 1.29 is 4.79 Å². The van der Waals surface area contributed by atoms with Crippen molar-refractivity contribution in [2.45, 2.75) is 45.1 Å². The van der Waals surface area contributed by atoms with Crippen molar-refractivity contribution in [3.05, 3.63) is 29.9 Å². The molecule has 0 bridgehead atoms. The Morgan fingerprint density at radius 2 is 2.00 bits per heavy atom. The number of fused-ring (bicyclic) bond motifs is 1. The van der Waals surface area contributed by atoms with Gasteiger partial charge in [0.25, 0.3) is 0 Å². The molecule has 6 heteroatoms. The molecule has 0 spiro atoms. The molecule has 1 aromatic rings. The van der Waals surface area contributed by atoms with E-state index < -0.39 is 0 Å². The lowest BCUT2D eigenvalue weighted by molar-refractivity contribution is -0.122. The number of rotatable bonds is 4. The Morgan fingerprint density at radius 1 is 1.26 bits per heavy atom. The van der Waals surface area contributed by atoms with Crippen molar-refractivity contribution in [3.8, 4) is 6.07 Å².